The summed E-state index contributed by atoms with van der Waals surface area (Å²) in [5, 5.41) is 32.3. The second kappa shape index (κ2) is 6.70. The molecule has 0 saturated carbocycles. The molecule has 0 bridgehead atoms. The van der Waals surface area contributed by atoms with E-state index in [1.165, 1.54) is 18.2 Å². The van der Waals surface area contributed by atoms with E-state index in [1.807, 2.05) is 0 Å². The second-order valence-electron chi connectivity index (χ2n) is 8.78. The summed E-state index contributed by atoms with van der Waals surface area (Å²) in [7, 11) is 0. The van der Waals surface area contributed by atoms with E-state index < -0.39 is 17.9 Å². The van der Waals surface area contributed by atoms with Gasteiger partial charge in [-0.25, -0.2) is 29.4 Å². The van der Waals surface area contributed by atoms with Crippen molar-refractivity contribution in [3.8, 4) is 11.1 Å². The zero-order chi connectivity index (χ0) is 24.9. The molecule has 0 fully saturated rings. The van der Waals surface area contributed by atoms with Gasteiger partial charge in [-0.2, -0.15) is 0 Å². The quantitative estimate of drug-likeness (QED) is 0.361. The van der Waals surface area contributed by atoms with Crippen LogP contribution in [-0.4, -0.2) is 33.2 Å². The fourth-order valence-electron chi connectivity index (χ4n) is 5.23. The minimum atomic E-state index is -1.08. The lowest BCUT2D eigenvalue weighted by Gasteiger charge is -2.10. The fourth-order valence-corrected chi connectivity index (χ4v) is 5.23. The van der Waals surface area contributed by atoms with Crippen LogP contribution in [0.25, 0.3) is 16.7 Å². The minimum Gasteiger partial charge on any atom is -0.478 e. The Morgan fingerprint density at radius 2 is 1.50 bits per heavy atom. The number of carbonyl (C=O) groups is 3. The molecule has 3 N–H and O–H groups in total. The molecule has 0 atom stereocenters. The molecule has 9 heteroatoms. The first-order valence-electron chi connectivity index (χ1n) is 11.0. The van der Waals surface area contributed by atoms with Gasteiger partial charge in [0.05, 0.1) is 38.9 Å². The molecule has 0 amide bonds. The third-order valence-electron chi connectivity index (χ3n) is 6.84. The van der Waals surface area contributed by atoms with Gasteiger partial charge in [-0.15, -0.1) is 0 Å². The van der Waals surface area contributed by atoms with Crippen LogP contribution in [0.5, 0.6) is 0 Å². The topological polar surface area (TPSA) is 149 Å². The van der Waals surface area contributed by atoms with Crippen molar-refractivity contribution in [3.63, 3.8) is 0 Å². The number of benzene rings is 3. The number of aliphatic carboxylic acids is 1. The van der Waals surface area contributed by atoms with Crippen LogP contribution in [0.15, 0.2) is 74.8 Å². The highest BCUT2D eigenvalue weighted by Crippen LogP contribution is 2.39. The van der Waals surface area contributed by atoms with E-state index in [1.54, 1.807) is 30.3 Å². The lowest BCUT2D eigenvalue weighted by Crippen LogP contribution is -2.39. The Balaban J connectivity index is 1.72. The predicted molar refractivity (Wildman–Crippen MR) is 124 cm³/mol. The van der Waals surface area contributed by atoms with E-state index in [2.05, 4.69) is 0 Å². The Morgan fingerprint density at radius 1 is 0.750 bits per heavy atom. The maximum absolute atomic E-state index is 11.7. The highest BCUT2D eigenvalue weighted by atomic mass is 16.4. The van der Waals surface area contributed by atoms with Crippen molar-refractivity contribution in [2.24, 2.45) is 15.0 Å². The van der Waals surface area contributed by atoms with Gasteiger partial charge in [0.1, 0.15) is 5.36 Å². The molecule has 9 nitrogen and oxygen atoms in total. The molecule has 3 aliphatic heterocycles. The number of aromatic carboxylic acids is 2. The van der Waals surface area contributed by atoms with Gasteiger partial charge < -0.3 is 15.3 Å². The molecule has 0 unspecified atom stereocenters. The Labute approximate surface area is 200 Å². The summed E-state index contributed by atoms with van der Waals surface area (Å²) in [6.07, 6.45) is 3.34. The summed E-state index contributed by atoms with van der Waals surface area (Å²) in [6, 6.07) is 9.35. The molecule has 1 aliphatic carbocycles. The number of carboxylic acid groups (broad SMARTS) is 3. The summed E-state index contributed by atoms with van der Waals surface area (Å²) < 4.78 is 0. The van der Waals surface area contributed by atoms with Crippen LogP contribution < -0.4 is 21.3 Å². The molecule has 3 heterocycles. The van der Waals surface area contributed by atoms with Gasteiger partial charge in [0.2, 0.25) is 0 Å². The van der Waals surface area contributed by atoms with E-state index in [4.69, 9.17) is 15.0 Å². The highest BCUT2D eigenvalue weighted by molar-refractivity contribution is 5.96. The van der Waals surface area contributed by atoms with Crippen LogP contribution in [0.1, 0.15) is 27.1 Å². The van der Waals surface area contributed by atoms with Crippen LogP contribution in [-0.2, 0) is 4.79 Å². The number of allylic oxidation sites excluding steroid dienone is 3. The van der Waals surface area contributed by atoms with Gasteiger partial charge in [-0.1, -0.05) is 0 Å². The standard InChI is InChI=1S/C27H13N3O6/c31-25(32)10-1-4-16-13(7-10)19-20-14-8-11(26(33)34)2-5-17(14)29-23(20)24-21(22(19)28-16)15-9-12(27(35)36)3-6-18(15)30-24/h1-7,9H,8H2,(H,31,32)(H,33,34)(H,35,36). The number of carboxylic acids is 3. The first-order valence-corrected chi connectivity index (χ1v) is 11.0. The number of nitrogens with zero attached hydrogens (tertiary/aromatic N) is 3. The minimum absolute atomic E-state index is 0.0924. The van der Waals surface area contributed by atoms with Crippen molar-refractivity contribution in [2.45, 2.75) is 6.42 Å². The van der Waals surface area contributed by atoms with Crippen LogP contribution in [0.2, 0.25) is 0 Å². The van der Waals surface area contributed by atoms with E-state index >= 15 is 0 Å². The zero-order valence-electron chi connectivity index (χ0n) is 18.2. The Hall–Kier alpha value is -5.18. The molecule has 3 aromatic carbocycles. The molecule has 0 spiro atoms. The molecular weight excluding hydrogens is 462 g/mol. The molecule has 0 saturated heterocycles. The summed E-state index contributed by atoms with van der Waals surface area (Å²) >= 11 is 0. The normalized spacial score (nSPS) is 15.1. The SMILES string of the molecule is O=C(O)C1=CC=C2N=c3c4c(c5c(c3=C2C1)=c1cc(C(=O)O)ccc1=N5)-c1cc(C(=O)O)ccc1N=4. The van der Waals surface area contributed by atoms with E-state index in [-0.39, 0.29) is 23.1 Å². The summed E-state index contributed by atoms with van der Waals surface area (Å²) in [5.74, 6) is -3.18. The van der Waals surface area contributed by atoms with Crippen molar-refractivity contribution in [1.29, 1.82) is 0 Å². The Kier molecular flexibility index (Phi) is 3.76. The van der Waals surface area contributed by atoms with Crippen LogP contribution in [0.3, 0.4) is 0 Å². The maximum atomic E-state index is 11.7. The summed E-state index contributed by atoms with van der Waals surface area (Å²) in [6.45, 7) is 0. The zero-order valence-corrected chi connectivity index (χ0v) is 18.2. The molecule has 36 heavy (non-hydrogen) atoms. The van der Waals surface area contributed by atoms with Crippen molar-refractivity contribution < 1.29 is 29.7 Å². The van der Waals surface area contributed by atoms with E-state index in [0.29, 0.717) is 65.5 Å². The number of hydrogen-bond donors (Lipinski definition) is 3. The van der Waals surface area contributed by atoms with Crippen molar-refractivity contribution in [3.05, 3.63) is 103 Å². The lowest BCUT2D eigenvalue weighted by molar-refractivity contribution is -0.132. The fraction of sp³-hybridized carbons (Fsp3) is 0.0370. The largest absolute Gasteiger partial charge is 0.478 e. The first-order chi connectivity index (χ1) is 17.3. The summed E-state index contributed by atoms with van der Waals surface area (Å²) in [5.41, 5.74) is 4.10. The van der Waals surface area contributed by atoms with Gasteiger partial charge in [0, 0.05) is 38.8 Å². The third kappa shape index (κ3) is 2.53. The number of fused-ring (bicyclic) bond motifs is 10. The smallest absolute Gasteiger partial charge is 0.335 e. The third-order valence-corrected chi connectivity index (χ3v) is 6.84. The monoisotopic (exact) mass is 475 g/mol. The van der Waals surface area contributed by atoms with Crippen molar-refractivity contribution in [1.82, 2.24) is 0 Å². The van der Waals surface area contributed by atoms with Gasteiger partial charge >= 0.3 is 17.9 Å². The molecule has 0 aromatic heterocycles. The van der Waals surface area contributed by atoms with Gasteiger partial charge in [-0.05, 0) is 54.1 Å². The van der Waals surface area contributed by atoms with E-state index in [0.717, 1.165) is 0 Å². The van der Waals surface area contributed by atoms with Gasteiger partial charge in [0.15, 0.2) is 0 Å². The van der Waals surface area contributed by atoms with Gasteiger partial charge in [-0.3, -0.25) is 0 Å². The van der Waals surface area contributed by atoms with Gasteiger partial charge in [0.25, 0.3) is 0 Å². The molecule has 4 aliphatic rings. The molecule has 7 rings (SSSR count). The summed E-state index contributed by atoms with van der Waals surface area (Å²) in [4.78, 5) is 49.6. The van der Waals surface area contributed by atoms with Crippen molar-refractivity contribution >= 4 is 34.9 Å². The van der Waals surface area contributed by atoms with Crippen LogP contribution in [0, 0.1) is 10.4 Å². The van der Waals surface area contributed by atoms with Crippen LogP contribution in [0.4, 0.5) is 11.4 Å². The average Bonchev–Trinajstić information content (AvgIpc) is 3.53. The maximum Gasteiger partial charge on any atom is 0.335 e. The van der Waals surface area contributed by atoms with Crippen LogP contribution >= 0.6 is 0 Å². The Bertz CT molecular complexity index is 2110. The lowest BCUT2D eigenvalue weighted by atomic mass is 9.93. The average molecular weight is 475 g/mol. The molecular formula is C27H13N3O6. The first kappa shape index (κ1) is 20.2. The Morgan fingerprint density at radius 3 is 2.25 bits per heavy atom. The van der Waals surface area contributed by atoms with E-state index in [9.17, 15) is 29.7 Å². The highest BCUT2D eigenvalue weighted by Gasteiger charge is 2.29. The van der Waals surface area contributed by atoms with Crippen molar-refractivity contribution in [2.75, 3.05) is 0 Å². The number of hydrogen-bond acceptors (Lipinski definition) is 6. The molecule has 172 valence electrons. The second-order valence-corrected chi connectivity index (χ2v) is 8.78. The molecule has 0 radical (unpaired) electrons. The number of rotatable bonds is 3. The predicted octanol–water partition coefficient (Wildman–Crippen LogP) is 1.65. The molecule has 3 aromatic rings.